The van der Waals surface area contributed by atoms with Gasteiger partial charge in [-0.2, -0.15) is 0 Å². The number of nitrogens with one attached hydrogen (secondary N) is 2. The molecule has 0 bridgehead atoms. The first-order chi connectivity index (χ1) is 20.7. The Morgan fingerprint density at radius 1 is 0.907 bits per heavy atom. The Morgan fingerprint density at radius 2 is 1.56 bits per heavy atom. The summed E-state index contributed by atoms with van der Waals surface area (Å²) in [6.45, 7) is 11.9. The Bertz CT molecular complexity index is 1320. The van der Waals surface area contributed by atoms with Crippen molar-refractivity contribution in [1.82, 2.24) is 15.5 Å². The van der Waals surface area contributed by atoms with E-state index in [4.69, 9.17) is 0 Å². The fraction of sp³-hybridized carbons (Fsp3) is 0.459. The summed E-state index contributed by atoms with van der Waals surface area (Å²) in [6, 6.07) is 24.3. The second-order valence-corrected chi connectivity index (χ2v) is 11.8. The molecule has 0 aliphatic heterocycles. The van der Waals surface area contributed by atoms with Gasteiger partial charge < -0.3 is 15.7 Å². The number of nitrogens with zero attached hydrogens (tertiary/aromatic N) is 1. The first-order valence-corrected chi connectivity index (χ1v) is 15.9. The van der Waals surface area contributed by atoms with Crippen LogP contribution in [-0.2, 0) is 17.8 Å². The van der Waals surface area contributed by atoms with Crippen molar-refractivity contribution in [2.24, 2.45) is 0 Å². The van der Waals surface area contributed by atoms with Gasteiger partial charge in [0, 0.05) is 23.7 Å². The highest BCUT2D eigenvalue weighted by Gasteiger charge is 2.40. The van der Waals surface area contributed by atoms with E-state index in [1.165, 1.54) is 31.2 Å². The smallest absolute Gasteiger partial charge is 0.326 e. The molecule has 3 aromatic rings. The maximum absolute atomic E-state index is 13.5. The minimum atomic E-state index is -1.03. The van der Waals surface area contributed by atoms with Crippen LogP contribution in [0.5, 0.6) is 0 Å². The average molecular weight is 586 g/mol. The Kier molecular flexibility index (Phi) is 13.0. The summed E-state index contributed by atoms with van der Waals surface area (Å²) in [6.07, 6.45) is 6.16. The number of hydrogen-bond acceptors (Lipinski definition) is 4. The van der Waals surface area contributed by atoms with E-state index in [0.29, 0.717) is 24.6 Å². The molecule has 43 heavy (non-hydrogen) atoms. The zero-order valence-electron chi connectivity index (χ0n) is 27.0. The fourth-order valence-electron chi connectivity index (χ4n) is 6.44. The molecule has 0 spiro atoms. The average Bonchev–Trinajstić information content (AvgIpc) is 3.48. The fourth-order valence-corrected chi connectivity index (χ4v) is 6.44. The molecule has 3 aromatic carbocycles. The minimum Gasteiger partial charge on any atom is -0.480 e. The molecule has 6 nitrogen and oxygen atoms in total. The van der Waals surface area contributed by atoms with Crippen molar-refractivity contribution in [3.8, 4) is 11.1 Å². The summed E-state index contributed by atoms with van der Waals surface area (Å²) in [7, 11) is 1.77. The second-order valence-electron chi connectivity index (χ2n) is 11.8. The lowest BCUT2D eigenvalue weighted by molar-refractivity contribution is -0.139. The number of aliphatic carboxylic acids is 1. The van der Waals surface area contributed by atoms with Gasteiger partial charge in [0.05, 0.1) is 0 Å². The molecule has 1 saturated carbocycles. The van der Waals surface area contributed by atoms with E-state index in [2.05, 4.69) is 65.8 Å². The highest BCUT2D eigenvalue weighted by molar-refractivity contribution is 6.02. The number of rotatable bonds is 13. The van der Waals surface area contributed by atoms with Crippen LogP contribution in [0, 0.1) is 6.92 Å². The van der Waals surface area contributed by atoms with Crippen LogP contribution >= 0.6 is 0 Å². The highest BCUT2D eigenvalue weighted by Crippen LogP contribution is 2.41. The summed E-state index contributed by atoms with van der Waals surface area (Å²) in [5.41, 5.74) is 6.00. The Hall–Kier alpha value is -3.48. The molecular weight excluding hydrogens is 534 g/mol. The monoisotopic (exact) mass is 585 g/mol. The van der Waals surface area contributed by atoms with Gasteiger partial charge in [0.1, 0.15) is 6.04 Å². The van der Waals surface area contributed by atoms with Gasteiger partial charge in [-0.15, -0.1) is 0 Å². The quantitative estimate of drug-likeness (QED) is 0.197. The first-order valence-electron chi connectivity index (χ1n) is 15.9. The Morgan fingerprint density at radius 3 is 2.16 bits per heavy atom. The third kappa shape index (κ3) is 8.77. The molecule has 0 aromatic heterocycles. The van der Waals surface area contributed by atoms with E-state index >= 15 is 0 Å². The highest BCUT2D eigenvalue weighted by atomic mass is 16.4. The maximum Gasteiger partial charge on any atom is 0.326 e. The van der Waals surface area contributed by atoms with Crippen molar-refractivity contribution < 1.29 is 14.7 Å². The second kappa shape index (κ2) is 16.4. The van der Waals surface area contributed by atoms with Crippen molar-refractivity contribution in [3.05, 3.63) is 95.1 Å². The number of aryl methyl sites for hydroxylation is 1. The molecule has 6 heteroatoms. The van der Waals surface area contributed by atoms with E-state index < -0.39 is 12.0 Å². The maximum atomic E-state index is 13.5. The van der Waals surface area contributed by atoms with E-state index in [1.807, 2.05) is 57.2 Å². The van der Waals surface area contributed by atoms with Crippen LogP contribution < -0.4 is 10.6 Å². The number of carboxylic acids is 1. The number of carboxylic acid groups (broad SMARTS) is 1. The summed E-state index contributed by atoms with van der Waals surface area (Å²) >= 11 is 0. The van der Waals surface area contributed by atoms with Crippen molar-refractivity contribution in [2.75, 3.05) is 13.6 Å². The summed E-state index contributed by atoms with van der Waals surface area (Å²) in [5.74, 6) is -1.40. The molecule has 0 radical (unpaired) electrons. The van der Waals surface area contributed by atoms with Crippen LogP contribution in [0.15, 0.2) is 72.8 Å². The van der Waals surface area contributed by atoms with Gasteiger partial charge in [-0.1, -0.05) is 87.4 Å². The van der Waals surface area contributed by atoms with Crippen molar-refractivity contribution in [2.45, 2.75) is 97.3 Å². The van der Waals surface area contributed by atoms with Gasteiger partial charge >= 0.3 is 5.97 Å². The zero-order chi connectivity index (χ0) is 31.4. The predicted octanol–water partition coefficient (Wildman–Crippen LogP) is 7.25. The lowest BCUT2D eigenvalue weighted by Gasteiger charge is -2.45. The van der Waals surface area contributed by atoms with E-state index in [0.717, 1.165) is 35.2 Å². The molecule has 1 amide bonds. The SMILES string of the molecule is CC.CNCCC(NC(=O)c1ccc(CN(C(C)C)C2(Cc3ccccc3)CCCC2)cc1-c1ccccc1C)C(=O)O. The van der Waals surface area contributed by atoms with Crippen LogP contribution in [0.4, 0.5) is 0 Å². The Balaban J connectivity index is 0.00000248. The van der Waals surface area contributed by atoms with E-state index in [1.54, 1.807) is 7.05 Å². The van der Waals surface area contributed by atoms with E-state index in [-0.39, 0.29) is 11.4 Å². The van der Waals surface area contributed by atoms with Crippen molar-refractivity contribution >= 4 is 11.9 Å². The van der Waals surface area contributed by atoms with Crippen LogP contribution in [0.2, 0.25) is 0 Å². The van der Waals surface area contributed by atoms with Gasteiger partial charge in [-0.3, -0.25) is 9.69 Å². The molecular formula is C37H51N3O3. The minimum absolute atomic E-state index is 0.0937. The molecule has 232 valence electrons. The molecule has 0 heterocycles. The third-order valence-corrected chi connectivity index (χ3v) is 8.55. The molecule has 1 atom stereocenters. The lowest BCUT2D eigenvalue weighted by Crippen LogP contribution is -2.51. The lowest BCUT2D eigenvalue weighted by atomic mass is 9.85. The van der Waals surface area contributed by atoms with Gasteiger partial charge in [-0.05, 0) is 100.0 Å². The van der Waals surface area contributed by atoms with Crippen LogP contribution in [0.3, 0.4) is 0 Å². The molecule has 1 aliphatic rings. The number of hydrogen-bond donors (Lipinski definition) is 3. The number of carbonyl (C=O) groups is 2. The van der Waals surface area contributed by atoms with Gasteiger partial charge in [-0.25, -0.2) is 4.79 Å². The summed E-state index contributed by atoms with van der Waals surface area (Å²) in [5, 5.41) is 15.4. The first kappa shape index (κ1) is 34.0. The predicted molar refractivity (Wildman–Crippen MR) is 177 cm³/mol. The van der Waals surface area contributed by atoms with Crippen molar-refractivity contribution in [3.63, 3.8) is 0 Å². The molecule has 4 rings (SSSR count). The molecule has 1 aliphatic carbocycles. The third-order valence-electron chi connectivity index (χ3n) is 8.55. The number of benzene rings is 3. The zero-order valence-corrected chi connectivity index (χ0v) is 27.0. The van der Waals surface area contributed by atoms with Crippen LogP contribution in [0.25, 0.3) is 11.1 Å². The normalized spacial score (nSPS) is 14.7. The Labute approximate surface area is 258 Å². The van der Waals surface area contributed by atoms with Gasteiger partial charge in [0.25, 0.3) is 5.91 Å². The number of carbonyl (C=O) groups excluding carboxylic acids is 1. The van der Waals surface area contributed by atoms with Gasteiger partial charge in [0.15, 0.2) is 0 Å². The standard InChI is InChI=1S/C35H45N3O3.C2H6/c1-25(2)38(35(19-10-11-20-35)23-27-13-6-5-7-14-27)24-28-16-17-30(31(22-28)29-15-9-8-12-26(29)3)33(39)37-32(34(40)41)18-21-36-4;1-2/h5-9,12-17,22,25,32,36H,10-11,18-21,23-24H2,1-4H3,(H,37,39)(H,40,41);1-2H3. The molecule has 0 saturated heterocycles. The summed E-state index contributed by atoms with van der Waals surface area (Å²) in [4.78, 5) is 28.1. The van der Waals surface area contributed by atoms with Crippen LogP contribution in [-0.4, -0.2) is 53.1 Å². The number of amides is 1. The summed E-state index contributed by atoms with van der Waals surface area (Å²) < 4.78 is 0. The van der Waals surface area contributed by atoms with E-state index in [9.17, 15) is 14.7 Å². The molecule has 1 unspecified atom stereocenters. The molecule has 1 fully saturated rings. The van der Waals surface area contributed by atoms with Crippen LogP contribution in [0.1, 0.15) is 86.8 Å². The largest absolute Gasteiger partial charge is 0.480 e. The molecule has 3 N–H and O–H groups in total. The van der Waals surface area contributed by atoms with Gasteiger partial charge in [0.2, 0.25) is 0 Å². The topological polar surface area (TPSA) is 81.7 Å². The van der Waals surface area contributed by atoms with Crippen molar-refractivity contribution in [1.29, 1.82) is 0 Å².